The van der Waals surface area contributed by atoms with Crippen molar-refractivity contribution in [1.29, 1.82) is 0 Å². The van der Waals surface area contributed by atoms with E-state index in [-0.39, 0.29) is 33.5 Å². The van der Waals surface area contributed by atoms with E-state index >= 15 is 0 Å². The minimum absolute atomic E-state index is 0.0466. The van der Waals surface area contributed by atoms with Crippen LogP contribution in [0.4, 0.5) is 10.5 Å². The fraction of sp³-hybridized carbons (Fsp3) is 0.174. The van der Waals surface area contributed by atoms with E-state index < -0.39 is 35.5 Å². The standard InChI is InChI=1S/C23H18BrClN2O8S/c1-33-20(29)11-35-17-6-3-13(24)7-12(17)8-18-21(30)27(23(32)36-18)10-19(28)26-14-4-5-16(25)15(9-14)22(31)34-2/h3-9H,10-11H2,1-2H3,(H,26,28)/b18-8+. The monoisotopic (exact) mass is 596 g/mol. The molecular formula is C23H18BrClN2O8S. The summed E-state index contributed by atoms with van der Waals surface area (Å²) in [6.07, 6.45) is 1.43. The molecule has 0 aromatic heterocycles. The molecule has 0 aliphatic carbocycles. The quantitative estimate of drug-likeness (QED) is 0.353. The number of rotatable bonds is 8. The Balaban J connectivity index is 1.74. The van der Waals surface area contributed by atoms with Crippen molar-refractivity contribution in [3.8, 4) is 5.75 Å². The van der Waals surface area contributed by atoms with Crippen molar-refractivity contribution in [2.75, 3.05) is 32.7 Å². The fourth-order valence-corrected chi connectivity index (χ4v) is 4.35. The minimum atomic E-state index is -0.685. The fourth-order valence-electron chi connectivity index (χ4n) is 2.95. The van der Waals surface area contributed by atoms with Crippen molar-refractivity contribution in [3.63, 3.8) is 0 Å². The van der Waals surface area contributed by atoms with Crippen molar-refractivity contribution in [1.82, 2.24) is 4.90 Å². The summed E-state index contributed by atoms with van der Waals surface area (Å²) >= 11 is 9.96. The lowest BCUT2D eigenvalue weighted by Gasteiger charge is -2.13. The van der Waals surface area contributed by atoms with Crippen molar-refractivity contribution in [2.45, 2.75) is 0 Å². The molecule has 0 spiro atoms. The molecule has 10 nitrogen and oxygen atoms in total. The van der Waals surface area contributed by atoms with Crippen LogP contribution in [0.1, 0.15) is 15.9 Å². The van der Waals surface area contributed by atoms with Crippen molar-refractivity contribution >= 4 is 80.0 Å². The van der Waals surface area contributed by atoms with Crippen LogP contribution in [0.3, 0.4) is 0 Å². The molecule has 1 saturated heterocycles. The van der Waals surface area contributed by atoms with E-state index in [9.17, 15) is 24.0 Å². The van der Waals surface area contributed by atoms with E-state index in [4.69, 9.17) is 16.3 Å². The van der Waals surface area contributed by atoms with Crippen LogP contribution < -0.4 is 10.1 Å². The zero-order chi connectivity index (χ0) is 26.4. The highest BCUT2D eigenvalue weighted by molar-refractivity contribution is 9.10. The van der Waals surface area contributed by atoms with E-state index in [1.807, 2.05) is 0 Å². The number of methoxy groups -OCH3 is 2. The van der Waals surface area contributed by atoms with Gasteiger partial charge in [-0.2, -0.15) is 0 Å². The molecule has 3 rings (SSSR count). The summed E-state index contributed by atoms with van der Waals surface area (Å²) in [7, 11) is 2.42. The Kier molecular flexibility index (Phi) is 9.13. The molecule has 2 aromatic carbocycles. The SMILES string of the molecule is COC(=O)COc1ccc(Br)cc1/C=C1/SC(=O)N(CC(=O)Nc2ccc(Cl)c(C(=O)OC)c2)C1=O. The third-order valence-corrected chi connectivity index (χ3v) is 6.39. The molecule has 0 saturated carbocycles. The second-order valence-electron chi connectivity index (χ2n) is 7.05. The first-order valence-electron chi connectivity index (χ1n) is 10.0. The summed E-state index contributed by atoms with van der Waals surface area (Å²) in [6.45, 7) is -0.897. The second-order valence-corrected chi connectivity index (χ2v) is 9.37. The number of amides is 3. The van der Waals surface area contributed by atoms with Gasteiger partial charge in [-0.3, -0.25) is 19.3 Å². The number of nitrogens with zero attached hydrogens (tertiary/aromatic N) is 1. The third-order valence-electron chi connectivity index (χ3n) is 4.66. The number of esters is 2. The van der Waals surface area contributed by atoms with Gasteiger partial charge in [0.2, 0.25) is 5.91 Å². The molecule has 0 atom stereocenters. The molecule has 1 N–H and O–H groups in total. The normalized spacial score (nSPS) is 14.1. The maximum absolute atomic E-state index is 12.9. The smallest absolute Gasteiger partial charge is 0.343 e. The van der Waals surface area contributed by atoms with Crippen LogP contribution in [-0.2, 0) is 23.9 Å². The van der Waals surface area contributed by atoms with Gasteiger partial charge in [0.15, 0.2) is 6.61 Å². The third kappa shape index (κ3) is 6.65. The van der Waals surface area contributed by atoms with Gasteiger partial charge in [-0.1, -0.05) is 27.5 Å². The maximum atomic E-state index is 12.9. The second kappa shape index (κ2) is 12.1. The Labute approximate surface area is 223 Å². The van der Waals surface area contributed by atoms with Gasteiger partial charge < -0.3 is 19.5 Å². The topological polar surface area (TPSA) is 128 Å². The van der Waals surface area contributed by atoms with Crippen LogP contribution in [0, 0.1) is 0 Å². The Bertz CT molecular complexity index is 1280. The van der Waals surface area contributed by atoms with Gasteiger partial charge in [-0.05, 0) is 54.2 Å². The number of imide groups is 1. The number of hydrogen-bond donors (Lipinski definition) is 1. The van der Waals surface area contributed by atoms with Gasteiger partial charge >= 0.3 is 11.9 Å². The summed E-state index contributed by atoms with van der Waals surface area (Å²) in [5, 5.41) is 2.02. The van der Waals surface area contributed by atoms with Gasteiger partial charge in [0, 0.05) is 15.7 Å². The number of anilines is 1. The number of thioether (sulfide) groups is 1. The molecular weight excluding hydrogens is 580 g/mol. The molecule has 3 amide bonds. The molecule has 0 unspecified atom stereocenters. The lowest BCUT2D eigenvalue weighted by Crippen LogP contribution is -2.36. The lowest BCUT2D eigenvalue weighted by molar-refractivity contribution is -0.142. The number of halogens is 2. The molecule has 1 heterocycles. The molecule has 188 valence electrons. The van der Waals surface area contributed by atoms with E-state index in [0.717, 1.165) is 4.90 Å². The van der Waals surface area contributed by atoms with Crippen molar-refractivity contribution < 1.29 is 38.2 Å². The number of carbonyl (C=O) groups excluding carboxylic acids is 5. The van der Waals surface area contributed by atoms with Crippen LogP contribution in [0.25, 0.3) is 6.08 Å². The van der Waals surface area contributed by atoms with Crippen LogP contribution >= 0.6 is 39.3 Å². The highest BCUT2D eigenvalue weighted by atomic mass is 79.9. The molecule has 1 fully saturated rings. The minimum Gasteiger partial charge on any atom is -0.481 e. The van der Waals surface area contributed by atoms with Gasteiger partial charge in [0.25, 0.3) is 11.1 Å². The average Bonchev–Trinajstić information content (AvgIpc) is 3.11. The van der Waals surface area contributed by atoms with E-state index in [2.05, 4.69) is 30.7 Å². The first kappa shape index (κ1) is 27.2. The number of benzene rings is 2. The lowest BCUT2D eigenvalue weighted by atomic mass is 10.2. The summed E-state index contributed by atoms with van der Waals surface area (Å²) < 4.78 is 15.3. The zero-order valence-corrected chi connectivity index (χ0v) is 22.0. The Morgan fingerprint density at radius 1 is 1.11 bits per heavy atom. The molecule has 1 aliphatic heterocycles. The van der Waals surface area contributed by atoms with E-state index in [1.54, 1.807) is 18.2 Å². The predicted octanol–water partition coefficient (Wildman–Crippen LogP) is 4.12. The summed E-state index contributed by atoms with van der Waals surface area (Å²) in [6, 6.07) is 9.11. The largest absolute Gasteiger partial charge is 0.481 e. The number of ether oxygens (including phenoxy) is 3. The van der Waals surface area contributed by atoms with Crippen molar-refractivity contribution in [2.24, 2.45) is 0 Å². The van der Waals surface area contributed by atoms with Gasteiger partial charge in [0.05, 0.1) is 29.7 Å². The highest BCUT2D eigenvalue weighted by Crippen LogP contribution is 2.35. The molecule has 1 aliphatic rings. The maximum Gasteiger partial charge on any atom is 0.343 e. The Hall–Kier alpha value is -3.35. The number of hydrogen-bond acceptors (Lipinski definition) is 9. The molecule has 36 heavy (non-hydrogen) atoms. The molecule has 2 aromatic rings. The highest BCUT2D eigenvalue weighted by Gasteiger charge is 2.36. The van der Waals surface area contributed by atoms with Gasteiger partial charge in [0.1, 0.15) is 12.3 Å². The Morgan fingerprint density at radius 2 is 1.86 bits per heavy atom. The average molecular weight is 598 g/mol. The Morgan fingerprint density at radius 3 is 2.56 bits per heavy atom. The van der Waals surface area contributed by atoms with Crippen LogP contribution in [0.2, 0.25) is 5.02 Å². The molecule has 0 radical (unpaired) electrons. The van der Waals surface area contributed by atoms with Gasteiger partial charge in [-0.25, -0.2) is 9.59 Å². The zero-order valence-electron chi connectivity index (χ0n) is 18.8. The number of nitrogens with one attached hydrogen (secondary N) is 1. The number of carbonyl (C=O) groups is 5. The van der Waals surface area contributed by atoms with Crippen LogP contribution in [-0.4, -0.2) is 61.3 Å². The van der Waals surface area contributed by atoms with Gasteiger partial charge in [-0.15, -0.1) is 0 Å². The predicted molar refractivity (Wildman–Crippen MR) is 136 cm³/mol. The van der Waals surface area contributed by atoms with E-state index in [0.29, 0.717) is 21.8 Å². The molecule has 0 bridgehead atoms. The van der Waals surface area contributed by atoms with Crippen LogP contribution in [0.15, 0.2) is 45.8 Å². The summed E-state index contributed by atoms with van der Waals surface area (Å²) in [4.78, 5) is 61.9. The first-order chi connectivity index (χ1) is 17.1. The van der Waals surface area contributed by atoms with E-state index in [1.165, 1.54) is 38.5 Å². The van der Waals surface area contributed by atoms with Crippen LogP contribution in [0.5, 0.6) is 5.75 Å². The summed E-state index contributed by atoms with van der Waals surface area (Å²) in [5.41, 5.74) is 0.707. The first-order valence-corrected chi connectivity index (χ1v) is 12.0. The summed E-state index contributed by atoms with van der Waals surface area (Å²) in [5.74, 6) is -2.33. The molecule has 13 heteroatoms. The van der Waals surface area contributed by atoms with Crippen molar-refractivity contribution in [3.05, 3.63) is 61.9 Å².